The summed E-state index contributed by atoms with van der Waals surface area (Å²) in [7, 11) is 4.07. The average molecular weight is 360 g/mol. The normalized spacial score (nSPS) is 20.0. The first kappa shape index (κ1) is 20.4. The van der Waals surface area contributed by atoms with Gasteiger partial charge in [0.25, 0.3) is 0 Å². The molecular weight excluding hydrogens is 326 g/mol. The Hall–Kier alpha value is -1.88. The van der Waals surface area contributed by atoms with E-state index >= 15 is 0 Å². The number of carbonyl (C=O) groups excluding carboxylic acids is 2. The molecule has 0 saturated heterocycles. The molecule has 1 saturated carbocycles. The predicted octanol–water partition coefficient (Wildman–Crippen LogP) is 2.49. The van der Waals surface area contributed by atoms with Gasteiger partial charge in [-0.3, -0.25) is 9.59 Å². The Bertz CT molecular complexity index is 575. The van der Waals surface area contributed by atoms with Crippen LogP contribution in [0.2, 0.25) is 0 Å². The zero-order chi connectivity index (χ0) is 18.9. The summed E-state index contributed by atoms with van der Waals surface area (Å²) >= 11 is 0. The number of rotatable bonds is 8. The van der Waals surface area contributed by atoms with Crippen molar-refractivity contribution in [3.05, 3.63) is 35.4 Å². The lowest BCUT2D eigenvalue weighted by atomic mass is 9.81. The first-order chi connectivity index (χ1) is 12.5. The number of nitrogens with one attached hydrogen (secondary N) is 2. The second-order valence-corrected chi connectivity index (χ2v) is 7.70. The van der Waals surface area contributed by atoms with Crippen LogP contribution in [0.3, 0.4) is 0 Å². The van der Waals surface area contributed by atoms with Crippen LogP contribution in [0.4, 0.5) is 0 Å². The van der Waals surface area contributed by atoms with Crippen LogP contribution in [0.5, 0.6) is 0 Å². The topological polar surface area (TPSA) is 61.4 Å². The number of carbonyl (C=O) groups is 2. The minimum atomic E-state index is 0.0400. The maximum Gasteiger partial charge on any atom is 0.223 e. The molecule has 0 heterocycles. The van der Waals surface area contributed by atoms with Gasteiger partial charge in [-0.25, -0.2) is 0 Å². The Morgan fingerprint density at radius 3 is 2.04 bits per heavy atom. The van der Waals surface area contributed by atoms with Crippen molar-refractivity contribution >= 4 is 11.8 Å². The van der Waals surface area contributed by atoms with E-state index in [-0.39, 0.29) is 23.7 Å². The summed E-state index contributed by atoms with van der Waals surface area (Å²) in [5.41, 5.74) is 2.34. The van der Waals surface area contributed by atoms with Crippen molar-refractivity contribution in [1.82, 2.24) is 15.5 Å². The quantitative estimate of drug-likeness (QED) is 0.701. The van der Waals surface area contributed by atoms with Gasteiger partial charge in [0, 0.05) is 24.9 Å². The molecule has 0 radical (unpaired) electrons. The molecule has 2 N–H and O–H groups in total. The van der Waals surface area contributed by atoms with Crippen LogP contribution in [0.25, 0.3) is 0 Å². The molecule has 1 aliphatic carbocycles. The van der Waals surface area contributed by atoms with E-state index in [0.29, 0.717) is 6.54 Å². The van der Waals surface area contributed by atoms with Crippen molar-refractivity contribution in [2.24, 2.45) is 11.8 Å². The third kappa shape index (κ3) is 6.79. The summed E-state index contributed by atoms with van der Waals surface area (Å²) in [5, 5.41) is 6.08. The van der Waals surface area contributed by atoms with Crippen molar-refractivity contribution in [2.75, 3.05) is 27.2 Å². The summed E-state index contributed by atoms with van der Waals surface area (Å²) in [4.78, 5) is 26.7. The summed E-state index contributed by atoms with van der Waals surface area (Å²) in [6, 6.07) is 8.22. The number of hydrogen-bond acceptors (Lipinski definition) is 3. The van der Waals surface area contributed by atoms with Crippen LogP contribution >= 0.6 is 0 Å². The van der Waals surface area contributed by atoms with Crippen LogP contribution in [-0.4, -0.2) is 43.9 Å². The SMILES string of the molecule is Cc1ccc(CNC(=O)C2CCC(C(=O)NCCCN(C)C)CC2)cc1. The molecule has 5 nitrogen and oxygen atoms in total. The first-order valence-electron chi connectivity index (χ1n) is 9.71. The lowest BCUT2D eigenvalue weighted by molar-refractivity contribution is -0.130. The third-order valence-electron chi connectivity index (χ3n) is 5.14. The van der Waals surface area contributed by atoms with Crippen LogP contribution < -0.4 is 10.6 Å². The van der Waals surface area contributed by atoms with E-state index < -0.39 is 0 Å². The molecule has 0 bridgehead atoms. The van der Waals surface area contributed by atoms with E-state index in [1.807, 2.05) is 26.2 Å². The zero-order valence-corrected chi connectivity index (χ0v) is 16.4. The smallest absolute Gasteiger partial charge is 0.223 e. The molecule has 2 rings (SSSR count). The number of amides is 2. The molecule has 0 aliphatic heterocycles. The monoisotopic (exact) mass is 359 g/mol. The molecule has 0 unspecified atom stereocenters. The highest BCUT2D eigenvalue weighted by Gasteiger charge is 2.29. The molecule has 1 aliphatic rings. The molecule has 0 aromatic heterocycles. The van der Waals surface area contributed by atoms with Gasteiger partial charge in [0.05, 0.1) is 0 Å². The van der Waals surface area contributed by atoms with Gasteiger partial charge in [0.1, 0.15) is 0 Å². The maximum atomic E-state index is 12.4. The Morgan fingerprint density at radius 1 is 0.962 bits per heavy atom. The summed E-state index contributed by atoms with van der Waals surface area (Å²) in [6.45, 7) is 4.34. The van der Waals surface area contributed by atoms with E-state index in [1.165, 1.54) is 5.56 Å². The Kier molecular flexibility index (Phi) is 8.10. The van der Waals surface area contributed by atoms with Gasteiger partial charge in [0.2, 0.25) is 11.8 Å². The zero-order valence-electron chi connectivity index (χ0n) is 16.4. The molecule has 1 aromatic carbocycles. The largest absolute Gasteiger partial charge is 0.356 e. The molecule has 1 aromatic rings. The van der Waals surface area contributed by atoms with Crippen LogP contribution in [0.15, 0.2) is 24.3 Å². The molecule has 144 valence electrons. The lowest BCUT2D eigenvalue weighted by Crippen LogP contribution is -2.38. The van der Waals surface area contributed by atoms with Gasteiger partial charge in [-0.05, 0) is 65.2 Å². The van der Waals surface area contributed by atoms with E-state index in [9.17, 15) is 9.59 Å². The lowest BCUT2D eigenvalue weighted by Gasteiger charge is -2.27. The highest BCUT2D eigenvalue weighted by atomic mass is 16.2. The molecule has 2 amide bonds. The van der Waals surface area contributed by atoms with E-state index in [2.05, 4.69) is 34.6 Å². The van der Waals surface area contributed by atoms with Gasteiger partial charge in [0.15, 0.2) is 0 Å². The third-order valence-corrected chi connectivity index (χ3v) is 5.14. The molecular formula is C21H33N3O2. The Labute approximate surface area is 157 Å². The van der Waals surface area contributed by atoms with Gasteiger partial charge in [-0.1, -0.05) is 29.8 Å². The number of nitrogens with zero attached hydrogens (tertiary/aromatic N) is 1. The van der Waals surface area contributed by atoms with E-state index in [4.69, 9.17) is 0 Å². The Balaban J connectivity index is 1.66. The fraction of sp³-hybridized carbons (Fsp3) is 0.619. The highest BCUT2D eigenvalue weighted by molar-refractivity contribution is 5.81. The number of aryl methyl sites for hydroxylation is 1. The fourth-order valence-electron chi connectivity index (χ4n) is 3.41. The van der Waals surface area contributed by atoms with Crippen molar-refractivity contribution in [3.8, 4) is 0 Å². The average Bonchev–Trinajstić information content (AvgIpc) is 2.64. The Morgan fingerprint density at radius 2 is 1.50 bits per heavy atom. The molecule has 1 fully saturated rings. The molecule has 26 heavy (non-hydrogen) atoms. The van der Waals surface area contributed by atoms with Crippen LogP contribution in [0.1, 0.15) is 43.2 Å². The second kappa shape index (κ2) is 10.3. The van der Waals surface area contributed by atoms with E-state index in [0.717, 1.165) is 50.8 Å². The summed E-state index contributed by atoms with van der Waals surface area (Å²) in [5.74, 6) is 0.381. The highest BCUT2D eigenvalue weighted by Crippen LogP contribution is 2.29. The van der Waals surface area contributed by atoms with Crippen molar-refractivity contribution in [3.63, 3.8) is 0 Å². The molecule has 5 heteroatoms. The van der Waals surface area contributed by atoms with Gasteiger partial charge >= 0.3 is 0 Å². The predicted molar refractivity (Wildman–Crippen MR) is 105 cm³/mol. The minimum absolute atomic E-state index is 0.0400. The second-order valence-electron chi connectivity index (χ2n) is 7.70. The number of benzene rings is 1. The van der Waals surface area contributed by atoms with Crippen molar-refractivity contribution < 1.29 is 9.59 Å². The maximum absolute atomic E-state index is 12.4. The fourth-order valence-corrected chi connectivity index (χ4v) is 3.41. The van der Waals surface area contributed by atoms with Gasteiger partial charge < -0.3 is 15.5 Å². The van der Waals surface area contributed by atoms with Crippen LogP contribution in [-0.2, 0) is 16.1 Å². The first-order valence-corrected chi connectivity index (χ1v) is 9.71. The van der Waals surface area contributed by atoms with E-state index in [1.54, 1.807) is 0 Å². The summed E-state index contributed by atoms with van der Waals surface area (Å²) < 4.78 is 0. The van der Waals surface area contributed by atoms with Gasteiger partial charge in [-0.2, -0.15) is 0 Å². The van der Waals surface area contributed by atoms with Crippen molar-refractivity contribution in [1.29, 1.82) is 0 Å². The molecule has 0 atom stereocenters. The minimum Gasteiger partial charge on any atom is -0.356 e. The molecule has 0 spiro atoms. The standard InChI is InChI=1S/C21H33N3O2/c1-16-5-7-17(8-6-16)15-23-21(26)19-11-9-18(10-12-19)20(25)22-13-4-14-24(2)3/h5-8,18-19H,4,9-15H2,1-3H3,(H,22,25)(H,23,26). The van der Waals surface area contributed by atoms with Crippen LogP contribution in [0, 0.1) is 18.8 Å². The number of hydrogen-bond donors (Lipinski definition) is 2. The van der Waals surface area contributed by atoms with Gasteiger partial charge in [-0.15, -0.1) is 0 Å². The van der Waals surface area contributed by atoms with Crippen molar-refractivity contribution in [2.45, 2.75) is 45.6 Å². The summed E-state index contributed by atoms with van der Waals surface area (Å²) in [6.07, 6.45) is 4.19.